The normalized spacial score (nSPS) is 13.3. The Bertz CT molecular complexity index is 1290. The smallest absolute Gasteiger partial charge is 0.256 e. The van der Waals surface area contributed by atoms with Gasteiger partial charge in [0.1, 0.15) is 10.8 Å². The number of amides is 1. The van der Waals surface area contributed by atoms with Crippen LogP contribution in [0.4, 0.5) is 0 Å². The molecule has 11 heteroatoms. The van der Waals surface area contributed by atoms with Crippen molar-refractivity contribution in [1.82, 2.24) is 14.6 Å². The van der Waals surface area contributed by atoms with Crippen LogP contribution in [-0.4, -0.2) is 53.3 Å². The zero-order valence-corrected chi connectivity index (χ0v) is 23.6. The molecule has 3 aromatic rings. The molecule has 0 aliphatic heterocycles. The quantitative estimate of drug-likeness (QED) is 0.273. The van der Waals surface area contributed by atoms with Crippen LogP contribution in [0.25, 0.3) is 0 Å². The highest BCUT2D eigenvalue weighted by Gasteiger charge is 2.27. The van der Waals surface area contributed by atoms with Crippen LogP contribution in [-0.2, 0) is 27.8 Å². The third kappa shape index (κ3) is 7.84. The minimum absolute atomic E-state index is 0.107. The number of aromatic nitrogens is 1. The van der Waals surface area contributed by atoms with Gasteiger partial charge in [0, 0.05) is 11.4 Å². The van der Waals surface area contributed by atoms with Gasteiger partial charge < -0.3 is 19.8 Å². The number of nitrogens with zero attached hydrogens (tertiary/aromatic N) is 2. The first-order valence-electron chi connectivity index (χ1n) is 12.3. The van der Waals surface area contributed by atoms with Crippen molar-refractivity contribution in [3.8, 4) is 5.75 Å². The Morgan fingerprint density at radius 1 is 1.11 bits per heavy atom. The zero-order chi connectivity index (χ0) is 27.9. The van der Waals surface area contributed by atoms with Crippen LogP contribution >= 0.6 is 11.3 Å². The number of rotatable bonds is 13. The molecule has 0 bridgehead atoms. The molecule has 1 heterocycles. The van der Waals surface area contributed by atoms with Crippen LogP contribution in [0, 0.1) is 6.92 Å². The number of aliphatic hydroxyl groups excluding tert-OH is 2. The number of aliphatic hydroxyl groups is 2. The average Bonchev–Trinajstić information content (AvgIpc) is 3.27. The number of hydrogen-bond acceptors (Lipinski definition) is 8. The van der Waals surface area contributed by atoms with Crippen LogP contribution in [0.1, 0.15) is 59.3 Å². The first-order valence-corrected chi connectivity index (χ1v) is 14.7. The van der Waals surface area contributed by atoms with Crippen LogP contribution in [0.2, 0.25) is 0 Å². The van der Waals surface area contributed by atoms with E-state index >= 15 is 0 Å². The highest BCUT2D eigenvalue weighted by atomic mass is 32.2. The molecule has 38 heavy (non-hydrogen) atoms. The maximum absolute atomic E-state index is 13.4. The molecular formula is C27H35N3O6S2. The molecule has 0 radical (unpaired) electrons. The van der Waals surface area contributed by atoms with E-state index in [2.05, 4.69) is 9.71 Å². The summed E-state index contributed by atoms with van der Waals surface area (Å²) < 4.78 is 31.8. The SMILES string of the molecule is COc1ccc([C@@H](O)C(=O)N(CCCc2ccccc2)Cc2nc(C(O)NS(=O)(=O)C(C)C)c(C)s2)cc1. The topological polar surface area (TPSA) is 129 Å². The second-order valence-electron chi connectivity index (χ2n) is 9.19. The van der Waals surface area contributed by atoms with Gasteiger partial charge >= 0.3 is 0 Å². The lowest BCUT2D eigenvalue weighted by Crippen LogP contribution is -2.36. The summed E-state index contributed by atoms with van der Waals surface area (Å²) in [5, 5.41) is 21.2. The molecule has 1 amide bonds. The molecule has 2 aromatic carbocycles. The molecule has 0 aliphatic carbocycles. The lowest BCUT2D eigenvalue weighted by atomic mass is 10.1. The summed E-state index contributed by atoms with van der Waals surface area (Å²) in [6.07, 6.45) is -1.46. The van der Waals surface area contributed by atoms with Crippen LogP contribution in [0.15, 0.2) is 54.6 Å². The fourth-order valence-electron chi connectivity index (χ4n) is 3.78. The van der Waals surface area contributed by atoms with Gasteiger partial charge in [-0.25, -0.2) is 13.4 Å². The van der Waals surface area contributed by atoms with Gasteiger partial charge in [-0.3, -0.25) is 4.79 Å². The van der Waals surface area contributed by atoms with Gasteiger partial charge in [0.05, 0.1) is 24.6 Å². The van der Waals surface area contributed by atoms with Gasteiger partial charge in [-0.1, -0.05) is 42.5 Å². The van der Waals surface area contributed by atoms with E-state index in [0.717, 1.165) is 12.0 Å². The second-order valence-corrected chi connectivity index (χ2v) is 12.7. The summed E-state index contributed by atoms with van der Waals surface area (Å²) in [5.41, 5.74) is 1.78. The van der Waals surface area contributed by atoms with Crippen molar-refractivity contribution in [1.29, 1.82) is 0 Å². The number of benzene rings is 2. The molecule has 0 saturated heterocycles. The molecule has 1 aromatic heterocycles. The van der Waals surface area contributed by atoms with Crippen molar-refractivity contribution < 1.29 is 28.2 Å². The standard InChI is InChI=1S/C27H35N3O6S2/c1-18(2)38(34,35)29-26(32)24-19(3)37-23(28-24)17-30(16-8-11-20-9-6-5-7-10-20)27(33)25(31)21-12-14-22(36-4)15-13-21/h5-7,9-10,12-15,18,25-26,29,31-32H,8,11,16-17H2,1-4H3/t25-,26?/m1/s1. The molecule has 206 valence electrons. The molecule has 0 spiro atoms. The Morgan fingerprint density at radius 2 is 1.76 bits per heavy atom. The first-order chi connectivity index (χ1) is 18.0. The number of hydrogen-bond donors (Lipinski definition) is 3. The van der Waals surface area contributed by atoms with Gasteiger partial charge in [0.25, 0.3) is 5.91 Å². The van der Waals surface area contributed by atoms with Crippen molar-refractivity contribution >= 4 is 27.3 Å². The monoisotopic (exact) mass is 561 g/mol. The summed E-state index contributed by atoms with van der Waals surface area (Å²) in [6, 6.07) is 16.6. The summed E-state index contributed by atoms with van der Waals surface area (Å²) in [4.78, 5) is 20.0. The third-order valence-corrected chi connectivity index (χ3v) is 8.84. The molecule has 3 rings (SSSR count). The Balaban J connectivity index is 1.79. The predicted octanol–water partition coefficient (Wildman–Crippen LogP) is 3.47. The molecule has 0 fully saturated rings. The van der Waals surface area contributed by atoms with Crippen molar-refractivity contribution in [3.63, 3.8) is 0 Å². The lowest BCUT2D eigenvalue weighted by molar-refractivity contribution is -0.141. The Hall–Kier alpha value is -2.83. The molecule has 1 unspecified atom stereocenters. The molecule has 3 N–H and O–H groups in total. The van der Waals surface area contributed by atoms with E-state index in [-0.39, 0.29) is 12.2 Å². The maximum Gasteiger partial charge on any atom is 0.256 e. The fourth-order valence-corrected chi connectivity index (χ4v) is 5.46. The largest absolute Gasteiger partial charge is 0.497 e. The summed E-state index contributed by atoms with van der Waals surface area (Å²) in [5.74, 6) is 0.143. The number of sulfonamides is 1. The number of methoxy groups -OCH3 is 1. The van der Waals surface area contributed by atoms with Gasteiger partial charge in [0.2, 0.25) is 10.0 Å². The molecular weight excluding hydrogens is 526 g/mol. The van der Waals surface area contributed by atoms with E-state index in [0.29, 0.717) is 34.2 Å². The summed E-state index contributed by atoms with van der Waals surface area (Å²) in [6.45, 7) is 5.24. The van der Waals surface area contributed by atoms with E-state index < -0.39 is 33.5 Å². The van der Waals surface area contributed by atoms with Gasteiger partial charge in [-0.15, -0.1) is 11.3 Å². The molecule has 9 nitrogen and oxygen atoms in total. The first kappa shape index (κ1) is 29.7. The number of carbonyl (C=O) groups is 1. The minimum atomic E-state index is -3.72. The summed E-state index contributed by atoms with van der Waals surface area (Å²) in [7, 11) is -2.18. The zero-order valence-electron chi connectivity index (χ0n) is 22.0. The number of thiazole rings is 1. The van der Waals surface area contributed by atoms with E-state index in [1.54, 1.807) is 43.2 Å². The van der Waals surface area contributed by atoms with Crippen LogP contribution in [0.3, 0.4) is 0 Å². The van der Waals surface area contributed by atoms with Crippen LogP contribution in [0.5, 0.6) is 5.75 Å². The second kappa shape index (κ2) is 13.3. The number of aryl methyl sites for hydroxylation is 2. The van der Waals surface area contributed by atoms with Crippen molar-refractivity contribution in [3.05, 3.63) is 81.3 Å². The van der Waals surface area contributed by atoms with E-state index in [4.69, 9.17) is 4.74 Å². The lowest BCUT2D eigenvalue weighted by Gasteiger charge is -2.25. The van der Waals surface area contributed by atoms with E-state index in [1.807, 2.05) is 30.3 Å². The highest BCUT2D eigenvalue weighted by Crippen LogP contribution is 2.26. The third-order valence-electron chi connectivity index (χ3n) is 6.07. The Labute approximate surface area is 228 Å². The van der Waals surface area contributed by atoms with E-state index in [1.165, 1.54) is 25.2 Å². The summed E-state index contributed by atoms with van der Waals surface area (Å²) >= 11 is 1.27. The molecule has 0 saturated carbocycles. The molecule has 0 aliphatic rings. The van der Waals surface area contributed by atoms with Crippen molar-refractivity contribution in [2.75, 3.05) is 13.7 Å². The van der Waals surface area contributed by atoms with Crippen molar-refractivity contribution in [2.24, 2.45) is 0 Å². The Kier molecular flexibility index (Phi) is 10.4. The average molecular weight is 562 g/mol. The van der Waals surface area contributed by atoms with Gasteiger partial charge in [-0.05, 0) is 56.9 Å². The molecule has 2 atom stereocenters. The number of carbonyl (C=O) groups excluding carboxylic acids is 1. The van der Waals surface area contributed by atoms with E-state index in [9.17, 15) is 23.4 Å². The van der Waals surface area contributed by atoms with Crippen molar-refractivity contribution in [2.45, 2.75) is 57.7 Å². The maximum atomic E-state index is 13.4. The van der Waals surface area contributed by atoms with Gasteiger partial charge in [-0.2, -0.15) is 4.72 Å². The fraction of sp³-hybridized carbons (Fsp3) is 0.407. The predicted molar refractivity (Wildman–Crippen MR) is 147 cm³/mol. The van der Waals surface area contributed by atoms with Crippen LogP contribution < -0.4 is 9.46 Å². The highest BCUT2D eigenvalue weighted by molar-refractivity contribution is 7.90. The van der Waals surface area contributed by atoms with Gasteiger partial charge in [0.15, 0.2) is 12.3 Å². The number of ether oxygens (including phenoxy) is 1. The number of nitrogens with one attached hydrogen (secondary N) is 1. The minimum Gasteiger partial charge on any atom is -0.497 e. The Morgan fingerprint density at radius 3 is 2.37 bits per heavy atom.